The van der Waals surface area contributed by atoms with Crippen LogP contribution in [-0.2, 0) is 0 Å². The fourth-order valence-corrected chi connectivity index (χ4v) is 12.3. The Hall–Kier alpha value is -1.89. The summed E-state index contributed by atoms with van der Waals surface area (Å²) in [6, 6.07) is 33.2. The van der Waals surface area contributed by atoms with Gasteiger partial charge in [-0.2, -0.15) is 0 Å². The Morgan fingerprint density at radius 3 is 1.70 bits per heavy atom. The summed E-state index contributed by atoms with van der Waals surface area (Å²) in [5.41, 5.74) is 2.57. The van der Waals surface area contributed by atoms with Gasteiger partial charge in [-0.3, -0.25) is 0 Å². The molecule has 4 rings (SSSR count). The van der Waals surface area contributed by atoms with Crippen LogP contribution in [0.1, 0.15) is 12.5 Å². The summed E-state index contributed by atoms with van der Waals surface area (Å²) in [6.07, 6.45) is 1.08. The number of hydrogen-bond donors (Lipinski definition) is 0. The Bertz CT molecular complexity index is 914. The number of nitrogens with zero attached hydrogens (tertiary/aromatic N) is 1. The van der Waals surface area contributed by atoms with Gasteiger partial charge < -0.3 is 0 Å². The standard InChI is InChI=1S/C24H25BrNP/c1-20-18-27(25,22-14-8-4-9-15-22,23-16-10-5-11-17-23)19-24(26(20)2)21-12-6-3-7-13-21/h3-17,19-20H,18H2,1-2H3. The zero-order valence-electron chi connectivity index (χ0n) is 15.8. The average Bonchev–Trinajstić information content (AvgIpc) is 2.73. The monoisotopic (exact) mass is 437 g/mol. The van der Waals surface area contributed by atoms with E-state index in [0.29, 0.717) is 6.04 Å². The normalized spacial score (nSPS) is 22.3. The van der Waals surface area contributed by atoms with Gasteiger partial charge in [0, 0.05) is 0 Å². The maximum absolute atomic E-state index is 4.45. The van der Waals surface area contributed by atoms with E-state index in [1.54, 1.807) is 0 Å². The first-order valence-corrected chi connectivity index (χ1v) is 13.9. The van der Waals surface area contributed by atoms with Crippen LogP contribution in [0.25, 0.3) is 5.70 Å². The van der Waals surface area contributed by atoms with Gasteiger partial charge in [0.05, 0.1) is 0 Å². The molecule has 3 aromatic carbocycles. The molecule has 3 aromatic rings. The van der Waals surface area contributed by atoms with Crippen LogP contribution < -0.4 is 10.6 Å². The second kappa shape index (κ2) is 6.93. The van der Waals surface area contributed by atoms with E-state index in [2.05, 4.69) is 131 Å². The summed E-state index contributed by atoms with van der Waals surface area (Å²) in [4.78, 5) is 2.42. The first kappa shape index (κ1) is 18.5. The predicted molar refractivity (Wildman–Crippen MR) is 125 cm³/mol. The zero-order valence-corrected chi connectivity index (χ0v) is 18.3. The quantitative estimate of drug-likeness (QED) is 0.465. The summed E-state index contributed by atoms with van der Waals surface area (Å²) >= 11 is 4.45. The van der Waals surface area contributed by atoms with Gasteiger partial charge in [-0.1, -0.05) is 0 Å². The van der Waals surface area contributed by atoms with Crippen LogP contribution >= 0.6 is 20.8 Å². The topological polar surface area (TPSA) is 3.24 Å². The summed E-state index contributed by atoms with van der Waals surface area (Å²) in [5.74, 6) is 2.55. The van der Waals surface area contributed by atoms with Crippen molar-refractivity contribution in [2.75, 3.05) is 13.2 Å². The van der Waals surface area contributed by atoms with Crippen LogP contribution in [0.15, 0.2) is 96.8 Å². The van der Waals surface area contributed by atoms with Crippen molar-refractivity contribution in [1.29, 1.82) is 0 Å². The molecule has 1 heterocycles. The molecule has 1 nitrogen and oxygen atoms in total. The van der Waals surface area contributed by atoms with Crippen LogP contribution in [0.5, 0.6) is 0 Å². The first-order chi connectivity index (χ1) is 13.0. The third-order valence-electron chi connectivity index (χ3n) is 5.75. The minimum atomic E-state index is -2.68. The van der Waals surface area contributed by atoms with E-state index in [9.17, 15) is 0 Å². The van der Waals surface area contributed by atoms with Crippen LogP contribution in [0.2, 0.25) is 0 Å². The van der Waals surface area contributed by atoms with E-state index in [1.807, 2.05) is 0 Å². The molecule has 0 saturated carbocycles. The summed E-state index contributed by atoms with van der Waals surface area (Å²) in [5, 5.41) is 0.0988. The second-order valence-corrected chi connectivity index (χ2v) is 16.5. The van der Waals surface area contributed by atoms with Crippen LogP contribution in [0.3, 0.4) is 0 Å². The number of benzene rings is 3. The number of hydrogen-bond acceptors (Lipinski definition) is 1. The summed E-state index contributed by atoms with van der Waals surface area (Å²) in [6.45, 7) is 2.34. The Morgan fingerprint density at radius 2 is 1.22 bits per heavy atom. The maximum atomic E-state index is 4.45. The molecule has 0 aromatic heterocycles. The average molecular weight is 438 g/mol. The molecule has 0 bridgehead atoms. The summed E-state index contributed by atoms with van der Waals surface area (Å²) in [7, 11) is 2.22. The number of rotatable bonds is 3. The second-order valence-electron chi connectivity index (χ2n) is 7.45. The van der Waals surface area contributed by atoms with Crippen molar-refractivity contribution < 1.29 is 0 Å². The molecule has 0 radical (unpaired) electrons. The van der Waals surface area contributed by atoms with Crippen molar-refractivity contribution in [1.82, 2.24) is 4.90 Å². The van der Waals surface area contributed by atoms with Gasteiger partial charge in [0.25, 0.3) is 0 Å². The molecular weight excluding hydrogens is 413 g/mol. The molecule has 1 atom stereocenters. The van der Waals surface area contributed by atoms with Crippen LogP contribution in [0.4, 0.5) is 0 Å². The fourth-order valence-electron chi connectivity index (χ4n) is 4.17. The zero-order chi connectivity index (χ0) is 18.9. The van der Waals surface area contributed by atoms with E-state index in [1.165, 1.54) is 21.9 Å². The molecule has 27 heavy (non-hydrogen) atoms. The molecular formula is C24H25BrNP. The van der Waals surface area contributed by atoms with Gasteiger partial charge in [-0.15, -0.1) is 0 Å². The molecule has 0 amide bonds. The van der Waals surface area contributed by atoms with Gasteiger partial charge in [-0.25, -0.2) is 0 Å². The van der Waals surface area contributed by atoms with Gasteiger partial charge in [-0.05, 0) is 0 Å². The molecule has 1 aliphatic rings. The molecule has 1 aliphatic heterocycles. The molecule has 138 valence electrons. The van der Waals surface area contributed by atoms with Crippen molar-refractivity contribution >= 4 is 37.1 Å². The third kappa shape index (κ3) is 3.06. The SMILES string of the molecule is CC1CP(Br)(c2ccccc2)(c2ccccc2)C=C(c2ccccc2)N1C. The van der Waals surface area contributed by atoms with Crippen LogP contribution in [0, 0.1) is 0 Å². The van der Waals surface area contributed by atoms with E-state index in [-0.39, 0.29) is 0 Å². The van der Waals surface area contributed by atoms with Gasteiger partial charge in [0.1, 0.15) is 0 Å². The van der Waals surface area contributed by atoms with Crippen molar-refractivity contribution in [2.45, 2.75) is 13.0 Å². The Balaban J connectivity index is 2.06. The molecule has 0 saturated heterocycles. The Labute approximate surface area is 170 Å². The molecule has 0 fully saturated rings. The summed E-state index contributed by atoms with van der Waals surface area (Å²) < 4.78 is 0. The molecule has 0 N–H and O–H groups in total. The van der Waals surface area contributed by atoms with Crippen LogP contribution in [-0.4, -0.2) is 24.2 Å². The fraction of sp³-hybridized carbons (Fsp3) is 0.167. The predicted octanol–water partition coefficient (Wildman–Crippen LogP) is 5.83. The molecule has 3 heteroatoms. The van der Waals surface area contributed by atoms with Crippen molar-refractivity contribution in [3.8, 4) is 0 Å². The number of halogens is 1. The molecule has 1 unspecified atom stereocenters. The Kier molecular flexibility index (Phi) is 4.74. The molecule has 0 aliphatic carbocycles. The third-order valence-corrected chi connectivity index (χ3v) is 14.5. The van der Waals surface area contributed by atoms with E-state index in [0.717, 1.165) is 6.16 Å². The first-order valence-electron chi connectivity index (χ1n) is 9.38. The van der Waals surface area contributed by atoms with E-state index in [4.69, 9.17) is 0 Å². The van der Waals surface area contributed by atoms with Gasteiger partial charge in [0.15, 0.2) is 0 Å². The van der Waals surface area contributed by atoms with Crippen molar-refractivity contribution in [3.05, 3.63) is 102 Å². The van der Waals surface area contributed by atoms with Crippen molar-refractivity contribution in [2.24, 2.45) is 0 Å². The van der Waals surface area contributed by atoms with Gasteiger partial charge in [0.2, 0.25) is 0 Å². The molecule has 0 spiro atoms. The van der Waals surface area contributed by atoms with Gasteiger partial charge >= 0.3 is 171 Å². The van der Waals surface area contributed by atoms with E-state index >= 15 is 0 Å². The Morgan fingerprint density at radius 1 is 0.778 bits per heavy atom. The minimum absolute atomic E-state index is 0.419. The van der Waals surface area contributed by atoms with Crippen molar-refractivity contribution in [3.63, 3.8) is 0 Å². The van der Waals surface area contributed by atoms with E-state index < -0.39 is 5.31 Å².